The number of fused-ring (bicyclic) bond motifs is 2. The molecule has 116 valence electrons. The Morgan fingerprint density at radius 1 is 0.826 bits per heavy atom. The summed E-state index contributed by atoms with van der Waals surface area (Å²) < 4.78 is 12.4. The average molecular weight is 322 g/mol. The van der Waals surface area contributed by atoms with Crippen LogP contribution in [0.1, 0.15) is 18.1 Å². The van der Waals surface area contributed by atoms with Gasteiger partial charge in [0.2, 0.25) is 0 Å². The van der Waals surface area contributed by atoms with E-state index in [1.165, 1.54) is 0 Å². The van der Waals surface area contributed by atoms with Crippen molar-refractivity contribution in [1.82, 2.24) is 0 Å². The molecule has 0 fully saturated rings. The van der Waals surface area contributed by atoms with Gasteiger partial charge in [0.25, 0.3) is 0 Å². The fraction of sp³-hybridized carbons (Fsp3) is 0.222. The van der Waals surface area contributed by atoms with Gasteiger partial charge in [0, 0.05) is 23.6 Å². The Morgan fingerprint density at radius 3 is 1.78 bits per heavy atom. The Hall–Kier alpha value is -2.09. The van der Waals surface area contributed by atoms with Crippen LogP contribution in [0.15, 0.2) is 58.5 Å². The molecule has 0 bridgehead atoms. The first-order valence-corrected chi connectivity index (χ1v) is 9.64. The summed E-state index contributed by atoms with van der Waals surface area (Å²) in [5.74, 6) is 1.68. The normalized spacial score (nSPS) is 14.4. The molecule has 0 saturated heterocycles. The molecule has 1 heterocycles. The fourth-order valence-corrected chi connectivity index (χ4v) is 3.68. The molecule has 0 radical (unpaired) electrons. The Morgan fingerprint density at radius 2 is 1.30 bits per heavy atom. The number of aliphatic imine (C=N–C) groups is 2. The molecule has 1 aliphatic heterocycles. The number of rotatable bonds is 1. The van der Waals surface area contributed by atoms with Gasteiger partial charge in [-0.3, -0.25) is 9.98 Å². The highest BCUT2D eigenvalue weighted by molar-refractivity contribution is 6.46. The van der Waals surface area contributed by atoms with E-state index in [4.69, 9.17) is 7.58 Å². The van der Waals surface area contributed by atoms with E-state index in [0.29, 0.717) is 13.1 Å². The van der Waals surface area contributed by atoms with Gasteiger partial charge in [0.1, 0.15) is 0 Å². The van der Waals surface area contributed by atoms with E-state index in [-0.39, 0.29) is 0 Å². The van der Waals surface area contributed by atoms with Crippen molar-refractivity contribution >= 4 is 27.2 Å². The molecule has 0 unspecified atom stereocenters. The van der Waals surface area contributed by atoms with E-state index in [1.54, 1.807) is 0 Å². The van der Waals surface area contributed by atoms with Crippen LogP contribution in [0.25, 0.3) is 0 Å². The molecule has 0 amide bonds. The first kappa shape index (κ1) is 15.8. The molecule has 5 heteroatoms. The van der Waals surface area contributed by atoms with Crippen molar-refractivity contribution in [2.75, 3.05) is 13.1 Å². The lowest BCUT2D eigenvalue weighted by molar-refractivity contribution is 0.422. The van der Waals surface area contributed by atoms with Crippen LogP contribution >= 0.6 is 0 Å². The first-order chi connectivity index (χ1) is 11.4. The second-order valence-electron chi connectivity index (χ2n) is 5.22. The molecule has 1 aliphatic rings. The Bertz CT molecular complexity index is 656. The van der Waals surface area contributed by atoms with Gasteiger partial charge >= 0.3 is 14.8 Å². The van der Waals surface area contributed by atoms with Crippen LogP contribution in [-0.2, 0) is 0 Å². The quantitative estimate of drug-likeness (QED) is 0.754. The number of hydrogen-bond acceptors (Lipinski definition) is 4. The maximum absolute atomic E-state index is 6.20. The molecule has 0 aliphatic carbocycles. The number of para-hydroxylation sites is 2. The first-order valence-electron chi connectivity index (χ1n) is 7.88. The number of hydrogen-bond donors (Lipinski definition) is 0. The van der Waals surface area contributed by atoms with Crippen molar-refractivity contribution in [1.29, 1.82) is 0 Å². The van der Waals surface area contributed by atoms with Gasteiger partial charge < -0.3 is 7.58 Å². The Kier molecular flexibility index (Phi) is 5.47. The summed E-state index contributed by atoms with van der Waals surface area (Å²) in [6.45, 7) is 3.41. The van der Waals surface area contributed by atoms with Crippen molar-refractivity contribution in [2.24, 2.45) is 9.98 Å². The molecule has 2 aromatic carbocycles. The summed E-state index contributed by atoms with van der Waals surface area (Å²) in [5.41, 5.74) is 1.97. The van der Waals surface area contributed by atoms with Crippen LogP contribution in [0.3, 0.4) is 0 Å². The van der Waals surface area contributed by atoms with Gasteiger partial charge in [-0.2, -0.15) is 0 Å². The van der Waals surface area contributed by atoms with Crippen LogP contribution in [0.2, 0.25) is 5.28 Å². The summed E-state index contributed by atoms with van der Waals surface area (Å²) in [6.07, 6.45) is 3.72. The molecule has 0 aromatic heterocycles. The molecule has 0 spiro atoms. The van der Waals surface area contributed by atoms with Gasteiger partial charge in [-0.15, -0.1) is 0 Å². The molecule has 0 N–H and O–H groups in total. The van der Waals surface area contributed by atoms with Crippen molar-refractivity contribution in [3.63, 3.8) is 0 Å². The third-order valence-electron chi connectivity index (χ3n) is 3.51. The average Bonchev–Trinajstić information content (AvgIpc) is 2.60. The number of nitrogens with zero attached hydrogens (tertiary/aromatic N) is 2. The third-order valence-corrected chi connectivity index (χ3v) is 5.21. The third kappa shape index (κ3) is 4.22. The maximum Gasteiger partial charge on any atom is 0.856 e. The van der Waals surface area contributed by atoms with Crippen molar-refractivity contribution in [3.05, 3.63) is 59.7 Å². The topological polar surface area (TPSA) is 43.2 Å². The highest BCUT2D eigenvalue weighted by atomic mass is 27.2. The lowest BCUT2D eigenvalue weighted by Gasteiger charge is -2.18. The second-order valence-corrected chi connectivity index (χ2v) is 7.37. The predicted octanol–water partition coefficient (Wildman–Crippen LogP) is 3.50. The minimum atomic E-state index is -1.88. The van der Waals surface area contributed by atoms with Gasteiger partial charge in [-0.25, -0.2) is 0 Å². The van der Waals surface area contributed by atoms with Gasteiger partial charge in [-0.05, 0) is 29.5 Å². The molecule has 23 heavy (non-hydrogen) atoms. The monoisotopic (exact) mass is 322 g/mol. The summed E-state index contributed by atoms with van der Waals surface area (Å²) in [6, 6.07) is 15.9. The molecule has 0 saturated carbocycles. The van der Waals surface area contributed by atoms with Crippen LogP contribution < -0.4 is 7.58 Å². The maximum atomic E-state index is 6.20. The molecule has 0 atom stereocenters. The summed E-state index contributed by atoms with van der Waals surface area (Å²) in [5, 5.41) is 0.872. The highest BCUT2D eigenvalue weighted by Crippen LogP contribution is 2.22. The van der Waals surface area contributed by atoms with Gasteiger partial charge in [-0.1, -0.05) is 31.2 Å². The van der Waals surface area contributed by atoms with E-state index < -0.39 is 14.8 Å². The van der Waals surface area contributed by atoms with E-state index >= 15 is 0 Å². The largest absolute Gasteiger partial charge is 0.856 e. The van der Waals surface area contributed by atoms with Crippen molar-refractivity contribution in [3.8, 4) is 11.5 Å². The zero-order valence-electron chi connectivity index (χ0n) is 13.2. The molecule has 4 nitrogen and oxygen atoms in total. The van der Waals surface area contributed by atoms with Crippen LogP contribution in [0.5, 0.6) is 11.5 Å². The van der Waals surface area contributed by atoms with E-state index in [9.17, 15) is 0 Å². The van der Waals surface area contributed by atoms with E-state index in [0.717, 1.165) is 27.9 Å². The fourth-order valence-electron chi connectivity index (χ4n) is 2.30. The van der Waals surface area contributed by atoms with Crippen LogP contribution in [0, 0.1) is 0 Å². The number of benzene rings is 2. The minimum absolute atomic E-state index is 0.655. The highest BCUT2D eigenvalue weighted by Gasteiger charge is 2.31. The lowest BCUT2D eigenvalue weighted by atomic mass is 10.2. The zero-order valence-corrected chi connectivity index (χ0v) is 14.3. The standard InChI is InChI=1S/C16H16N2O2.C2H5.Al/c19-15-7-3-1-5-13(15)11-17-9-10-18-12-14-6-2-4-8-16(14)20;1-2;/h1-8,11-12,19-20H,9-10H2;1H2,2H3;/q;;+2/p-2. The summed E-state index contributed by atoms with van der Waals surface area (Å²) in [7, 11) is 0. The second kappa shape index (κ2) is 7.96. The van der Waals surface area contributed by atoms with Crippen molar-refractivity contribution < 1.29 is 7.58 Å². The van der Waals surface area contributed by atoms with Crippen LogP contribution in [0.4, 0.5) is 0 Å². The minimum Gasteiger partial charge on any atom is -0.611 e. The molecule has 3 rings (SSSR count). The van der Waals surface area contributed by atoms with Crippen molar-refractivity contribution in [2.45, 2.75) is 12.2 Å². The van der Waals surface area contributed by atoms with Crippen LogP contribution in [-0.4, -0.2) is 40.3 Å². The van der Waals surface area contributed by atoms with E-state index in [2.05, 4.69) is 16.9 Å². The van der Waals surface area contributed by atoms with E-state index in [1.807, 2.05) is 61.0 Å². The van der Waals surface area contributed by atoms with Gasteiger partial charge in [0.15, 0.2) is 0 Å². The Balaban J connectivity index is 1.95. The molecular weight excluding hydrogens is 303 g/mol. The predicted molar refractivity (Wildman–Crippen MR) is 95.3 cm³/mol. The summed E-state index contributed by atoms with van der Waals surface area (Å²) in [4.78, 5) is 8.88. The molecule has 2 aromatic rings. The molecular formula is C18H19AlN2O2. The zero-order chi connectivity index (χ0) is 15.9. The summed E-state index contributed by atoms with van der Waals surface area (Å²) >= 11 is -1.88. The smallest absolute Gasteiger partial charge is 0.611 e. The SMILES string of the molecule is C[CH2][Al]1[O]c2ccccc2C=NCCN=Cc2ccccc2[O]1. The van der Waals surface area contributed by atoms with Gasteiger partial charge in [0.05, 0.1) is 24.6 Å². The Labute approximate surface area is 141 Å². The lowest BCUT2D eigenvalue weighted by Crippen LogP contribution is -2.29.